The highest BCUT2D eigenvalue weighted by atomic mass is 127. The summed E-state index contributed by atoms with van der Waals surface area (Å²) >= 11 is 2.21. The molecule has 22 heavy (non-hydrogen) atoms. The highest BCUT2D eigenvalue weighted by molar-refractivity contribution is 14.1. The van der Waals surface area contributed by atoms with E-state index < -0.39 is 0 Å². The van der Waals surface area contributed by atoms with Gasteiger partial charge in [0.1, 0.15) is 5.75 Å². The Hall–Kier alpha value is -1.51. The number of benzene rings is 1. The second kappa shape index (κ2) is 6.31. The molecule has 0 bridgehead atoms. The van der Waals surface area contributed by atoms with Gasteiger partial charge >= 0.3 is 0 Å². The van der Waals surface area contributed by atoms with Crippen molar-refractivity contribution in [2.24, 2.45) is 0 Å². The molecule has 0 radical (unpaired) electrons. The second-order valence-electron chi connectivity index (χ2n) is 5.52. The molecule has 3 rings (SSSR count). The number of hydrogen-bond acceptors (Lipinski definition) is 4. The molecule has 1 fully saturated rings. The van der Waals surface area contributed by atoms with Crippen LogP contribution in [-0.4, -0.2) is 42.6 Å². The molecule has 0 atom stereocenters. The minimum atomic E-state index is -0.0968. The number of piperidine rings is 1. The summed E-state index contributed by atoms with van der Waals surface area (Å²) in [5.74, 6) is 0.692. The number of nitrogens with zero attached hydrogens (tertiary/aromatic N) is 1. The monoisotopic (exact) mass is 415 g/mol. The average Bonchev–Trinajstić information content (AvgIpc) is 2.51. The van der Waals surface area contributed by atoms with Crippen molar-refractivity contribution in [1.82, 2.24) is 10.2 Å². The molecule has 0 aromatic heterocycles. The standard InChI is InChI=1S/C15H18IN3O3/c1-9(20)19-6-4-10(5-7-19)18-12-3-2-11-14(13(12)16)22-8-17-15(11)21/h2-3,10,18H,4-8H2,1H3,(H,17,21). The minimum absolute atomic E-state index is 0.0968. The maximum absolute atomic E-state index is 11.8. The Labute approximate surface area is 142 Å². The number of carbonyl (C=O) groups excluding carboxylic acids is 2. The topological polar surface area (TPSA) is 70.7 Å². The molecule has 2 aliphatic heterocycles. The lowest BCUT2D eigenvalue weighted by atomic mass is 10.0. The zero-order chi connectivity index (χ0) is 15.7. The number of anilines is 1. The third-order valence-electron chi connectivity index (χ3n) is 4.09. The number of amides is 2. The molecule has 2 amide bonds. The zero-order valence-corrected chi connectivity index (χ0v) is 14.5. The first-order chi connectivity index (χ1) is 10.6. The number of ether oxygens (including phenoxy) is 1. The molecule has 1 aromatic rings. The molecule has 118 valence electrons. The summed E-state index contributed by atoms with van der Waals surface area (Å²) in [6.45, 7) is 3.39. The molecular formula is C15H18IN3O3. The molecule has 2 heterocycles. The van der Waals surface area contributed by atoms with E-state index in [4.69, 9.17) is 4.74 Å². The lowest BCUT2D eigenvalue weighted by molar-refractivity contribution is -0.129. The quantitative estimate of drug-likeness (QED) is 0.723. The van der Waals surface area contributed by atoms with Crippen molar-refractivity contribution in [2.45, 2.75) is 25.8 Å². The predicted molar refractivity (Wildman–Crippen MR) is 91.0 cm³/mol. The van der Waals surface area contributed by atoms with Gasteiger partial charge in [0.15, 0.2) is 6.73 Å². The van der Waals surface area contributed by atoms with E-state index in [9.17, 15) is 9.59 Å². The summed E-state index contributed by atoms with van der Waals surface area (Å²) in [5, 5.41) is 6.18. The first-order valence-electron chi connectivity index (χ1n) is 7.32. The summed E-state index contributed by atoms with van der Waals surface area (Å²) in [4.78, 5) is 25.0. The van der Waals surface area contributed by atoms with E-state index in [2.05, 4.69) is 33.2 Å². The van der Waals surface area contributed by atoms with Gasteiger partial charge in [-0.3, -0.25) is 9.59 Å². The van der Waals surface area contributed by atoms with Gasteiger partial charge in [0.25, 0.3) is 5.91 Å². The summed E-state index contributed by atoms with van der Waals surface area (Å²) in [7, 11) is 0. The van der Waals surface area contributed by atoms with E-state index in [0.29, 0.717) is 17.4 Å². The van der Waals surface area contributed by atoms with E-state index in [0.717, 1.165) is 35.2 Å². The van der Waals surface area contributed by atoms with Crippen LogP contribution in [0.5, 0.6) is 5.75 Å². The summed E-state index contributed by atoms with van der Waals surface area (Å²) in [6.07, 6.45) is 1.85. The van der Waals surface area contributed by atoms with Crippen LogP contribution in [0.25, 0.3) is 0 Å². The lowest BCUT2D eigenvalue weighted by Crippen LogP contribution is -2.41. The number of hydrogen-bond donors (Lipinski definition) is 2. The van der Waals surface area contributed by atoms with Gasteiger partial charge < -0.3 is 20.3 Å². The van der Waals surface area contributed by atoms with Crippen LogP contribution in [0.4, 0.5) is 5.69 Å². The van der Waals surface area contributed by atoms with Crippen molar-refractivity contribution in [3.63, 3.8) is 0 Å². The maximum Gasteiger partial charge on any atom is 0.257 e. The van der Waals surface area contributed by atoms with Crippen molar-refractivity contribution >= 4 is 40.1 Å². The van der Waals surface area contributed by atoms with Gasteiger partial charge in [0.05, 0.1) is 14.8 Å². The van der Waals surface area contributed by atoms with Crippen molar-refractivity contribution in [1.29, 1.82) is 0 Å². The Kier molecular flexibility index (Phi) is 4.42. The number of carbonyl (C=O) groups is 2. The van der Waals surface area contributed by atoms with Gasteiger partial charge in [-0.1, -0.05) is 0 Å². The normalized spacial score (nSPS) is 18.3. The molecule has 6 nitrogen and oxygen atoms in total. The fraction of sp³-hybridized carbons (Fsp3) is 0.467. The van der Waals surface area contributed by atoms with Crippen LogP contribution in [0, 0.1) is 3.57 Å². The molecule has 1 aromatic carbocycles. The van der Waals surface area contributed by atoms with Gasteiger partial charge in [-0.05, 0) is 47.6 Å². The largest absolute Gasteiger partial charge is 0.471 e. The number of halogens is 1. The van der Waals surface area contributed by atoms with Gasteiger partial charge in [-0.2, -0.15) is 0 Å². The average molecular weight is 415 g/mol. The van der Waals surface area contributed by atoms with Crippen LogP contribution >= 0.6 is 22.6 Å². The van der Waals surface area contributed by atoms with Crippen molar-refractivity contribution < 1.29 is 14.3 Å². The molecule has 2 aliphatic rings. The van der Waals surface area contributed by atoms with E-state index >= 15 is 0 Å². The second-order valence-corrected chi connectivity index (χ2v) is 6.60. The van der Waals surface area contributed by atoms with Crippen molar-refractivity contribution in [2.75, 3.05) is 25.1 Å². The highest BCUT2D eigenvalue weighted by Crippen LogP contribution is 2.34. The first-order valence-corrected chi connectivity index (χ1v) is 8.39. The van der Waals surface area contributed by atoms with Gasteiger partial charge in [-0.15, -0.1) is 0 Å². The van der Waals surface area contributed by atoms with E-state index in [1.165, 1.54) is 0 Å². The van der Waals surface area contributed by atoms with Crippen LogP contribution in [0.15, 0.2) is 12.1 Å². The minimum Gasteiger partial charge on any atom is -0.471 e. The van der Waals surface area contributed by atoms with E-state index in [-0.39, 0.29) is 18.5 Å². The Bertz CT molecular complexity index is 612. The van der Waals surface area contributed by atoms with Gasteiger partial charge in [-0.25, -0.2) is 0 Å². The fourth-order valence-corrected chi connectivity index (χ4v) is 3.60. The molecule has 0 saturated carbocycles. The molecule has 1 saturated heterocycles. The number of rotatable bonds is 2. The number of likely N-dealkylation sites (tertiary alicyclic amines) is 1. The van der Waals surface area contributed by atoms with Crippen LogP contribution in [0.2, 0.25) is 0 Å². The van der Waals surface area contributed by atoms with E-state index in [1.807, 2.05) is 11.0 Å². The van der Waals surface area contributed by atoms with Crippen LogP contribution in [0.1, 0.15) is 30.1 Å². The summed E-state index contributed by atoms with van der Waals surface area (Å²) < 4.78 is 6.50. The Morgan fingerprint density at radius 3 is 2.82 bits per heavy atom. The summed E-state index contributed by atoms with van der Waals surface area (Å²) in [5.41, 5.74) is 1.56. The SMILES string of the molecule is CC(=O)N1CCC(Nc2ccc3c(c2I)OCNC3=O)CC1. The van der Waals surface area contributed by atoms with Crippen LogP contribution in [0.3, 0.4) is 0 Å². The van der Waals surface area contributed by atoms with Crippen LogP contribution < -0.4 is 15.4 Å². The van der Waals surface area contributed by atoms with Gasteiger partial charge in [0, 0.05) is 26.1 Å². The summed E-state index contributed by atoms with van der Waals surface area (Å²) in [6, 6.07) is 4.05. The third-order valence-corrected chi connectivity index (χ3v) is 5.16. The van der Waals surface area contributed by atoms with Crippen molar-refractivity contribution in [3.05, 3.63) is 21.3 Å². The Morgan fingerprint density at radius 1 is 1.41 bits per heavy atom. The molecule has 0 unspecified atom stereocenters. The molecular weight excluding hydrogens is 397 g/mol. The fourth-order valence-electron chi connectivity index (χ4n) is 2.82. The van der Waals surface area contributed by atoms with Crippen LogP contribution in [-0.2, 0) is 4.79 Å². The zero-order valence-electron chi connectivity index (χ0n) is 12.3. The smallest absolute Gasteiger partial charge is 0.257 e. The lowest BCUT2D eigenvalue weighted by Gasteiger charge is -2.32. The van der Waals surface area contributed by atoms with E-state index in [1.54, 1.807) is 13.0 Å². The molecule has 0 spiro atoms. The Balaban J connectivity index is 1.71. The molecule has 7 heteroatoms. The first kappa shape index (κ1) is 15.4. The van der Waals surface area contributed by atoms with Crippen molar-refractivity contribution in [3.8, 4) is 5.75 Å². The Morgan fingerprint density at radius 2 is 2.14 bits per heavy atom. The molecule has 2 N–H and O–H groups in total. The maximum atomic E-state index is 11.8. The number of fused-ring (bicyclic) bond motifs is 1. The highest BCUT2D eigenvalue weighted by Gasteiger charge is 2.25. The number of nitrogens with one attached hydrogen (secondary N) is 2. The van der Waals surface area contributed by atoms with Gasteiger partial charge in [0.2, 0.25) is 5.91 Å². The third kappa shape index (κ3) is 2.99. The predicted octanol–water partition coefficient (Wildman–Crippen LogP) is 1.79. The molecule has 0 aliphatic carbocycles.